The molecule has 126 valence electrons. The summed E-state index contributed by atoms with van der Waals surface area (Å²) in [5.74, 6) is 0.902. The third-order valence-corrected chi connectivity index (χ3v) is 4.35. The number of hydrogen-bond donors (Lipinski definition) is 1. The van der Waals surface area contributed by atoms with Crippen LogP contribution in [0, 0.1) is 0 Å². The summed E-state index contributed by atoms with van der Waals surface area (Å²) in [4.78, 5) is 0. The molecule has 3 aromatic rings. The maximum atomic E-state index is 9.61. The van der Waals surface area contributed by atoms with Crippen molar-refractivity contribution < 1.29 is 9.94 Å². The van der Waals surface area contributed by atoms with E-state index in [1.807, 2.05) is 60.7 Å². The minimum Gasteiger partial charge on any atom is -0.497 e. The van der Waals surface area contributed by atoms with E-state index in [4.69, 9.17) is 4.74 Å². The van der Waals surface area contributed by atoms with Crippen molar-refractivity contribution in [2.45, 2.75) is 12.3 Å². The molecular weight excluding hydrogens is 310 g/mol. The molecular formula is C22H21NO2. The molecule has 0 fully saturated rings. The number of hydrogen-bond acceptors (Lipinski definition) is 3. The van der Waals surface area contributed by atoms with E-state index in [0.717, 1.165) is 11.3 Å². The number of benzene rings is 3. The second-order valence-corrected chi connectivity index (χ2v) is 5.85. The lowest BCUT2D eigenvalue weighted by atomic mass is 9.85. The van der Waals surface area contributed by atoms with Gasteiger partial charge in [0.05, 0.1) is 12.8 Å². The summed E-state index contributed by atoms with van der Waals surface area (Å²) in [7, 11) is 1.64. The fraction of sp³-hybridized carbons (Fsp3) is 0.136. The molecule has 0 unspecified atom stereocenters. The molecule has 3 aromatic carbocycles. The molecule has 0 atom stereocenters. The van der Waals surface area contributed by atoms with Crippen molar-refractivity contribution in [3.8, 4) is 5.75 Å². The number of rotatable bonds is 6. The van der Waals surface area contributed by atoms with Gasteiger partial charge in [-0.15, -0.1) is 0 Å². The van der Waals surface area contributed by atoms with Crippen LogP contribution in [0.1, 0.15) is 29.0 Å². The van der Waals surface area contributed by atoms with E-state index in [2.05, 4.69) is 29.4 Å². The Morgan fingerprint density at radius 3 is 1.80 bits per heavy atom. The molecule has 0 aliphatic rings. The molecule has 3 rings (SSSR count). The van der Waals surface area contributed by atoms with Crippen LogP contribution in [-0.2, 0) is 0 Å². The third kappa shape index (κ3) is 4.07. The fourth-order valence-electron chi connectivity index (χ4n) is 2.99. The molecule has 0 heterocycles. The van der Waals surface area contributed by atoms with Gasteiger partial charge < -0.3 is 9.94 Å². The first-order chi connectivity index (χ1) is 12.3. The van der Waals surface area contributed by atoms with Crippen LogP contribution < -0.4 is 4.74 Å². The predicted octanol–water partition coefficient (Wildman–Crippen LogP) is 5.10. The van der Waals surface area contributed by atoms with E-state index in [0.29, 0.717) is 12.1 Å². The quantitative estimate of drug-likeness (QED) is 0.388. The molecule has 0 aliphatic carbocycles. The monoisotopic (exact) mass is 331 g/mol. The van der Waals surface area contributed by atoms with Gasteiger partial charge in [0, 0.05) is 12.3 Å². The Bertz CT molecular complexity index is 772. The average molecular weight is 331 g/mol. The highest BCUT2D eigenvalue weighted by atomic mass is 16.5. The van der Waals surface area contributed by atoms with Gasteiger partial charge in [-0.25, -0.2) is 0 Å². The lowest BCUT2D eigenvalue weighted by Gasteiger charge is -2.19. The van der Waals surface area contributed by atoms with Crippen LogP contribution in [0.5, 0.6) is 5.75 Å². The molecule has 0 amide bonds. The van der Waals surface area contributed by atoms with E-state index in [1.165, 1.54) is 11.1 Å². The minimum absolute atomic E-state index is 0.121. The number of methoxy groups -OCH3 is 1. The van der Waals surface area contributed by atoms with Crippen molar-refractivity contribution in [3.05, 3.63) is 102 Å². The summed E-state index contributed by atoms with van der Waals surface area (Å²) in [6.07, 6.45) is 0.608. The zero-order chi connectivity index (χ0) is 17.5. The van der Waals surface area contributed by atoms with Gasteiger partial charge in [-0.3, -0.25) is 0 Å². The molecule has 3 nitrogen and oxygen atoms in total. The fourth-order valence-corrected chi connectivity index (χ4v) is 2.99. The molecule has 1 N–H and O–H groups in total. The third-order valence-electron chi connectivity index (χ3n) is 4.35. The first-order valence-corrected chi connectivity index (χ1v) is 8.27. The van der Waals surface area contributed by atoms with E-state index in [1.54, 1.807) is 7.11 Å². The number of nitrogens with zero attached hydrogens (tertiary/aromatic N) is 1. The van der Waals surface area contributed by atoms with Crippen LogP contribution in [0.25, 0.3) is 0 Å². The van der Waals surface area contributed by atoms with Crippen molar-refractivity contribution in [2.75, 3.05) is 7.11 Å². The molecule has 3 heteroatoms. The highest BCUT2D eigenvalue weighted by Crippen LogP contribution is 2.29. The van der Waals surface area contributed by atoms with Crippen LogP contribution in [0.2, 0.25) is 0 Å². The van der Waals surface area contributed by atoms with Gasteiger partial charge in [-0.1, -0.05) is 65.8 Å². The Balaban J connectivity index is 1.93. The molecule has 25 heavy (non-hydrogen) atoms. The smallest absolute Gasteiger partial charge is 0.118 e. The summed E-state index contributed by atoms with van der Waals surface area (Å²) in [5.41, 5.74) is 3.94. The van der Waals surface area contributed by atoms with E-state index in [9.17, 15) is 5.21 Å². The van der Waals surface area contributed by atoms with Crippen LogP contribution in [0.15, 0.2) is 90.1 Å². The first-order valence-electron chi connectivity index (χ1n) is 8.27. The molecule has 0 saturated carbocycles. The lowest BCUT2D eigenvalue weighted by molar-refractivity contribution is 0.317. The van der Waals surface area contributed by atoms with Gasteiger partial charge in [0.15, 0.2) is 0 Å². The molecule has 0 aliphatic heterocycles. The average Bonchev–Trinajstić information content (AvgIpc) is 2.70. The first kappa shape index (κ1) is 16.8. The molecule has 0 spiro atoms. The SMILES string of the molecule is COc1ccc(/C(CC(c2ccccc2)c2ccccc2)=N/O)cc1. The maximum absolute atomic E-state index is 9.61. The van der Waals surface area contributed by atoms with Gasteiger partial charge in [0.1, 0.15) is 5.75 Å². The number of ether oxygens (including phenoxy) is 1. The summed E-state index contributed by atoms with van der Waals surface area (Å²) in [6, 6.07) is 28.2. The van der Waals surface area contributed by atoms with Crippen molar-refractivity contribution in [1.82, 2.24) is 0 Å². The minimum atomic E-state index is 0.121. The van der Waals surface area contributed by atoms with Crippen molar-refractivity contribution in [1.29, 1.82) is 0 Å². The Morgan fingerprint density at radius 1 is 0.840 bits per heavy atom. The standard InChI is InChI=1S/C22H21NO2/c1-25-20-14-12-19(13-15-20)22(23-24)16-21(17-8-4-2-5-9-17)18-10-6-3-7-11-18/h2-15,21,24H,16H2,1H3/b23-22+. The zero-order valence-corrected chi connectivity index (χ0v) is 14.2. The lowest BCUT2D eigenvalue weighted by Crippen LogP contribution is -2.10. The molecule has 0 radical (unpaired) electrons. The number of oxime groups is 1. The van der Waals surface area contributed by atoms with Crippen LogP contribution in [0.4, 0.5) is 0 Å². The predicted molar refractivity (Wildman–Crippen MR) is 101 cm³/mol. The van der Waals surface area contributed by atoms with Gasteiger partial charge in [-0.05, 0) is 41.0 Å². The normalized spacial score (nSPS) is 11.5. The Hall–Kier alpha value is -3.07. The second-order valence-electron chi connectivity index (χ2n) is 5.85. The van der Waals surface area contributed by atoms with E-state index in [-0.39, 0.29) is 5.92 Å². The maximum Gasteiger partial charge on any atom is 0.118 e. The van der Waals surface area contributed by atoms with Crippen LogP contribution in [0.3, 0.4) is 0 Å². The van der Waals surface area contributed by atoms with Crippen LogP contribution in [-0.4, -0.2) is 18.0 Å². The molecule has 0 saturated heterocycles. The molecule has 0 aromatic heterocycles. The largest absolute Gasteiger partial charge is 0.497 e. The zero-order valence-electron chi connectivity index (χ0n) is 14.2. The summed E-state index contributed by atoms with van der Waals surface area (Å²) in [6.45, 7) is 0. The molecule has 0 bridgehead atoms. The Labute approximate surface area is 148 Å². The van der Waals surface area contributed by atoms with Crippen LogP contribution >= 0.6 is 0 Å². The van der Waals surface area contributed by atoms with Crippen molar-refractivity contribution in [3.63, 3.8) is 0 Å². The van der Waals surface area contributed by atoms with Gasteiger partial charge >= 0.3 is 0 Å². The van der Waals surface area contributed by atoms with E-state index >= 15 is 0 Å². The Kier molecular flexibility index (Phi) is 5.47. The summed E-state index contributed by atoms with van der Waals surface area (Å²) >= 11 is 0. The van der Waals surface area contributed by atoms with Gasteiger partial charge in [0.25, 0.3) is 0 Å². The van der Waals surface area contributed by atoms with Crippen molar-refractivity contribution in [2.24, 2.45) is 5.16 Å². The topological polar surface area (TPSA) is 41.8 Å². The highest BCUT2D eigenvalue weighted by molar-refractivity contribution is 6.01. The summed E-state index contributed by atoms with van der Waals surface area (Å²) in [5, 5.41) is 13.2. The highest BCUT2D eigenvalue weighted by Gasteiger charge is 2.18. The van der Waals surface area contributed by atoms with E-state index < -0.39 is 0 Å². The van der Waals surface area contributed by atoms with Gasteiger partial charge in [0.2, 0.25) is 0 Å². The van der Waals surface area contributed by atoms with Crippen molar-refractivity contribution >= 4 is 5.71 Å². The summed E-state index contributed by atoms with van der Waals surface area (Å²) < 4.78 is 5.20. The van der Waals surface area contributed by atoms with Gasteiger partial charge in [-0.2, -0.15) is 0 Å². The Morgan fingerprint density at radius 2 is 1.36 bits per heavy atom. The second kappa shape index (κ2) is 8.15.